The van der Waals surface area contributed by atoms with Gasteiger partial charge >= 0.3 is 0 Å². The molecule has 1 aliphatic heterocycles. The molecule has 130 valence electrons. The number of morpholine rings is 1. The molecular weight excluding hydrogens is 340 g/mol. The van der Waals surface area contributed by atoms with E-state index < -0.39 is 10.0 Å². The lowest BCUT2D eigenvalue weighted by atomic mass is 10.3. The fourth-order valence-electron chi connectivity index (χ4n) is 2.38. The minimum atomic E-state index is -3.64. The summed E-state index contributed by atoms with van der Waals surface area (Å²) in [6.45, 7) is 6.70. The van der Waals surface area contributed by atoms with E-state index >= 15 is 0 Å². The van der Waals surface area contributed by atoms with Crippen molar-refractivity contribution in [3.63, 3.8) is 0 Å². The van der Waals surface area contributed by atoms with Gasteiger partial charge in [0.05, 0.1) is 19.8 Å². The maximum atomic E-state index is 12.4. The second-order valence-electron chi connectivity index (χ2n) is 5.23. The summed E-state index contributed by atoms with van der Waals surface area (Å²) in [7, 11) is -3.64. The van der Waals surface area contributed by atoms with Gasteiger partial charge in [0.15, 0.2) is 0 Å². The lowest BCUT2D eigenvalue weighted by Gasteiger charge is -2.26. The van der Waals surface area contributed by atoms with Crippen molar-refractivity contribution in [1.82, 2.24) is 9.62 Å². The van der Waals surface area contributed by atoms with Gasteiger partial charge in [0, 0.05) is 24.7 Å². The molecule has 0 aromatic heterocycles. The lowest BCUT2D eigenvalue weighted by Crippen LogP contribution is -2.38. The topological polar surface area (TPSA) is 67.9 Å². The molecule has 0 amide bonds. The van der Waals surface area contributed by atoms with E-state index in [4.69, 9.17) is 21.1 Å². The zero-order valence-corrected chi connectivity index (χ0v) is 14.8. The number of ether oxygens (including phenoxy) is 2. The Morgan fingerprint density at radius 3 is 2.78 bits per heavy atom. The molecule has 0 unspecified atom stereocenters. The maximum absolute atomic E-state index is 12.4. The van der Waals surface area contributed by atoms with Crippen molar-refractivity contribution in [3.8, 4) is 5.75 Å². The van der Waals surface area contributed by atoms with Crippen LogP contribution in [0, 0.1) is 0 Å². The van der Waals surface area contributed by atoms with E-state index in [0.29, 0.717) is 23.9 Å². The summed E-state index contributed by atoms with van der Waals surface area (Å²) in [5.41, 5.74) is 0. The van der Waals surface area contributed by atoms with Gasteiger partial charge in [0.1, 0.15) is 10.6 Å². The first-order valence-electron chi connectivity index (χ1n) is 7.75. The Morgan fingerprint density at radius 1 is 1.35 bits per heavy atom. The summed E-state index contributed by atoms with van der Waals surface area (Å²) in [5.74, 6) is 0.317. The molecule has 1 heterocycles. The predicted octanol–water partition coefficient (Wildman–Crippen LogP) is 1.74. The Labute approximate surface area is 142 Å². The second-order valence-corrected chi connectivity index (χ2v) is 7.40. The first-order chi connectivity index (χ1) is 11.0. The molecule has 0 aliphatic carbocycles. The minimum Gasteiger partial charge on any atom is -0.492 e. The number of benzene rings is 1. The van der Waals surface area contributed by atoms with Gasteiger partial charge in [0.2, 0.25) is 10.0 Å². The number of halogens is 1. The van der Waals surface area contributed by atoms with Crippen LogP contribution in [-0.2, 0) is 14.8 Å². The largest absolute Gasteiger partial charge is 0.492 e. The van der Waals surface area contributed by atoms with E-state index in [-0.39, 0.29) is 4.90 Å². The van der Waals surface area contributed by atoms with Crippen LogP contribution in [-0.4, -0.2) is 59.3 Å². The zero-order valence-electron chi connectivity index (χ0n) is 13.3. The van der Waals surface area contributed by atoms with Crippen LogP contribution in [0.15, 0.2) is 23.1 Å². The van der Waals surface area contributed by atoms with Crippen LogP contribution in [0.2, 0.25) is 5.02 Å². The van der Waals surface area contributed by atoms with Gasteiger partial charge in [-0.15, -0.1) is 0 Å². The van der Waals surface area contributed by atoms with Crippen molar-refractivity contribution >= 4 is 21.6 Å². The smallest absolute Gasteiger partial charge is 0.244 e. The van der Waals surface area contributed by atoms with Crippen LogP contribution in [0.1, 0.15) is 13.3 Å². The average molecular weight is 363 g/mol. The monoisotopic (exact) mass is 362 g/mol. The van der Waals surface area contributed by atoms with Crippen LogP contribution in [0.5, 0.6) is 5.75 Å². The second kappa shape index (κ2) is 8.84. The van der Waals surface area contributed by atoms with Crippen LogP contribution >= 0.6 is 11.6 Å². The van der Waals surface area contributed by atoms with Gasteiger partial charge in [-0.25, -0.2) is 13.1 Å². The van der Waals surface area contributed by atoms with Crippen LogP contribution < -0.4 is 9.46 Å². The highest BCUT2D eigenvalue weighted by Gasteiger charge is 2.20. The van der Waals surface area contributed by atoms with Crippen LogP contribution in [0.3, 0.4) is 0 Å². The molecule has 0 bridgehead atoms. The highest BCUT2D eigenvalue weighted by molar-refractivity contribution is 7.89. The lowest BCUT2D eigenvalue weighted by molar-refractivity contribution is 0.0376. The quantitative estimate of drug-likeness (QED) is 0.713. The third kappa shape index (κ3) is 5.61. The van der Waals surface area contributed by atoms with E-state index in [2.05, 4.69) is 9.62 Å². The summed E-state index contributed by atoms with van der Waals surface area (Å²) in [6, 6.07) is 4.61. The van der Waals surface area contributed by atoms with E-state index in [1.807, 2.05) is 0 Å². The first-order valence-corrected chi connectivity index (χ1v) is 9.61. The summed E-state index contributed by atoms with van der Waals surface area (Å²) in [5, 5.41) is 0.363. The third-order valence-corrected chi connectivity index (χ3v) is 5.26. The minimum absolute atomic E-state index is 0.0817. The Kier molecular flexibility index (Phi) is 7.10. The van der Waals surface area contributed by atoms with Gasteiger partial charge in [0.25, 0.3) is 0 Å². The predicted molar refractivity (Wildman–Crippen MR) is 89.7 cm³/mol. The van der Waals surface area contributed by atoms with Crippen molar-refractivity contribution in [3.05, 3.63) is 23.2 Å². The number of hydrogen-bond acceptors (Lipinski definition) is 5. The van der Waals surface area contributed by atoms with E-state index in [9.17, 15) is 8.42 Å². The van der Waals surface area contributed by atoms with Crippen molar-refractivity contribution in [1.29, 1.82) is 0 Å². The van der Waals surface area contributed by atoms with E-state index in [0.717, 1.165) is 39.3 Å². The maximum Gasteiger partial charge on any atom is 0.244 e. The molecule has 1 N–H and O–H groups in total. The number of nitrogens with zero attached hydrogens (tertiary/aromatic N) is 1. The molecule has 0 spiro atoms. The Hall–Kier alpha value is -0.860. The van der Waals surface area contributed by atoms with Gasteiger partial charge in [-0.05, 0) is 38.1 Å². The molecule has 1 saturated heterocycles. The Balaban J connectivity index is 1.91. The summed E-state index contributed by atoms with van der Waals surface area (Å²) in [6.07, 6.45) is 0.740. The molecule has 8 heteroatoms. The van der Waals surface area contributed by atoms with Crippen molar-refractivity contribution in [2.45, 2.75) is 18.2 Å². The fraction of sp³-hybridized carbons (Fsp3) is 0.600. The summed E-state index contributed by atoms with van der Waals surface area (Å²) < 4.78 is 38.2. The van der Waals surface area contributed by atoms with E-state index in [1.165, 1.54) is 6.07 Å². The van der Waals surface area contributed by atoms with Crippen LogP contribution in [0.4, 0.5) is 0 Å². The standard InChI is InChI=1S/C15H23ClN2O4S/c1-2-22-14-5-4-13(16)12-15(14)23(19,20)17-6-3-7-18-8-10-21-11-9-18/h4-5,12,17H,2-3,6-11H2,1H3. The molecule has 1 aromatic rings. The number of rotatable bonds is 8. The highest BCUT2D eigenvalue weighted by atomic mass is 35.5. The van der Waals surface area contributed by atoms with Gasteiger partial charge in [-0.2, -0.15) is 0 Å². The molecule has 1 aliphatic rings. The van der Waals surface area contributed by atoms with E-state index in [1.54, 1.807) is 19.1 Å². The third-order valence-electron chi connectivity index (χ3n) is 3.54. The summed E-state index contributed by atoms with van der Waals surface area (Å²) in [4.78, 5) is 2.35. The first kappa shape index (κ1) is 18.5. The highest BCUT2D eigenvalue weighted by Crippen LogP contribution is 2.27. The van der Waals surface area contributed by atoms with Crippen molar-refractivity contribution in [2.24, 2.45) is 0 Å². The molecule has 6 nitrogen and oxygen atoms in total. The zero-order chi connectivity index (χ0) is 16.7. The van der Waals surface area contributed by atoms with Crippen molar-refractivity contribution in [2.75, 3.05) is 46.0 Å². The number of sulfonamides is 1. The van der Waals surface area contributed by atoms with Gasteiger partial charge in [-0.3, -0.25) is 4.90 Å². The molecule has 2 rings (SSSR count). The molecule has 0 radical (unpaired) electrons. The molecule has 1 fully saturated rings. The summed E-state index contributed by atoms with van der Waals surface area (Å²) >= 11 is 5.92. The number of hydrogen-bond donors (Lipinski definition) is 1. The molecule has 0 atom stereocenters. The SMILES string of the molecule is CCOc1ccc(Cl)cc1S(=O)(=O)NCCCN1CCOCC1. The molecule has 23 heavy (non-hydrogen) atoms. The van der Waals surface area contributed by atoms with Gasteiger partial charge in [-0.1, -0.05) is 11.6 Å². The normalized spacial score (nSPS) is 16.4. The number of nitrogens with one attached hydrogen (secondary N) is 1. The van der Waals surface area contributed by atoms with Crippen LogP contribution in [0.25, 0.3) is 0 Å². The van der Waals surface area contributed by atoms with Crippen molar-refractivity contribution < 1.29 is 17.9 Å². The average Bonchev–Trinajstić information content (AvgIpc) is 2.54. The molecule has 1 aromatic carbocycles. The molecule has 0 saturated carbocycles. The fourth-order valence-corrected chi connectivity index (χ4v) is 3.86. The Morgan fingerprint density at radius 2 is 2.09 bits per heavy atom. The van der Waals surface area contributed by atoms with Gasteiger partial charge < -0.3 is 9.47 Å². The Bertz CT molecular complexity index is 603. The molecular formula is C15H23ClN2O4S.